The Morgan fingerprint density at radius 1 is 1.35 bits per heavy atom. The minimum atomic E-state index is -0.224. The number of hydrogen-bond donors (Lipinski definition) is 1. The van der Waals surface area contributed by atoms with Crippen LogP contribution in [0.15, 0.2) is 24.3 Å². The fourth-order valence-electron chi connectivity index (χ4n) is 1.58. The molecule has 0 fully saturated rings. The average molecular weight is 278 g/mol. The van der Waals surface area contributed by atoms with Gasteiger partial charge in [-0.1, -0.05) is 19.1 Å². The molecule has 0 bridgehead atoms. The Hall–Kier alpha value is -2.04. The van der Waals surface area contributed by atoms with Gasteiger partial charge < -0.3 is 15.0 Å². The highest BCUT2D eigenvalue weighted by Gasteiger charge is 2.13. The van der Waals surface area contributed by atoms with Crippen LogP contribution in [0.25, 0.3) is 0 Å². The Bertz CT molecular complexity index is 460. The number of likely N-dealkylation sites (N-methyl/N-ethyl adjacent to an activating group) is 1. The molecule has 0 radical (unpaired) electrons. The van der Waals surface area contributed by atoms with Gasteiger partial charge in [-0.25, -0.2) is 0 Å². The van der Waals surface area contributed by atoms with Crippen LogP contribution in [-0.4, -0.2) is 43.5 Å². The largest absolute Gasteiger partial charge is 0.484 e. The van der Waals surface area contributed by atoms with Crippen molar-refractivity contribution >= 4 is 11.8 Å². The Morgan fingerprint density at radius 3 is 2.75 bits per heavy atom. The summed E-state index contributed by atoms with van der Waals surface area (Å²) in [6.07, 6.45) is 0.875. The molecule has 5 nitrogen and oxygen atoms in total. The van der Waals surface area contributed by atoms with Gasteiger partial charge >= 0.3 is 0 Å². The lowest BCUT2D eigenvalue weighted by Gasteiger charge is -2.17. The quantitative estimate of drug-likeness (QED) is 0.819. The van der Waals surface area contributed by atoms with Crippen LogP contribution in [0.1, 0.15) is 18.9 Å². The minimum absolute atomic E-state index is 0.0516. The maximum Gasteiger partial charge on any atom is 0.260 e. The molecule has 0 heterocycles. The van der Waals surface area contributed by atoms with Crippen LogP contribution < -0.4 is 10.1 Å². The lowest BCUT2D eigenvalue weighted by molar-refractivity contribution is -0.136. The molecule has 1 rings (SSSR count). The van der Waals surface area contributed by atoms with E-state index in [-0.39, 0.29) is 25.0 Å². The van der Waals surface area contributed by atoms with Gasteiger partial charge in [-0.05, 0) is 31.0 Å². The molecule has 2 amide bonds. The van der Waals surface area contributed by atoms with Crippen LogP contribution in [0.4, 0.5) is 0 Å². The third-order valence-corrected chi connectivity index (χ3v) is 2.73. The number of nitrogens with one attached hydrogen (secondary N) is 1. The number of nitrogens with zero attached hydrogens (tertiary/aromatic N) is 1. The Balaban J connectivity index is 2.36. The molecule has 0 aromatic heterocycles. The SMILES string of the molecule is CCCNC(=O)CN(C)C(=O)COc1cccc(C)c1. The van der Waals surface area contributed by atoms with Gasteiger partial charge in [0.1, 0.15) is 5.75 Å². The van der Waals surface area contributed by atoms with Crippen LogP contribution in [0.2, 0.25) is 0 Å². The van der Waals surface area contributed by atoms with E-state index in [1.54, 1.807) is 13.1 Å². The summed E-state index contributed by atoms with van der Waals surface area (Å²) in [5, 5.41) is 2.73. The van der Waals surface area contributed by atoms with Crippen LogP contribution in [-0.2, 0) is 9.59 Å². The van der Waals surface area contributed by atoms with E-state index in [9.17, 15) is 9.59 Å². The van der Waals surface area contributed by atoms with Gasteiger partial charge in [0, 0.05) is 13.6 Å². The lowest BCUT2D eigenvalue weighted by Crippen LogP contribution is -2.40. The first-order valence-electron chi connectivity index (χ1n) is 6.73. The molecule has 1 N–H and O–H groups in total. The summed E-state index contributed by atoms with van der Waals surface area (Å²) in [6.45, 7) is 4.54. The topological polar surface area (TPSA) is 58.6 Å². The molecule has 0 aliphatic heterocycles. The van der Waals surface area contributed by atoms with Gasteiger partial charge in [-0.2, -0.15) is 0 Å². The first kappa shape index (κ1) is 16.0. The smallest absolute Gasteiger partial charge is 0.260 e. The van der Waals surface area contributed by atoms with Gasteiger partial charge in [0.15, 0.2) is 6.61 Å². The molecule has 0 saturated carbocycles. The molecule has 1 aromatic rings. The van der Waals surface area contributed by atoms with Crippen molar-refractivity contribution in [3.63, 3.8) is 0 Å². The number of hydrogen-bond acceptors (Lipinski definition) is 3. The van der Waals surface area contributed by atoms with E-state index in [4.69, 9.17) is 4.74 Å². The molecular formula is C15H22N2O3. The number of carbonyl (C=O) groups excluding carboxylic acids is 2. The number of aryl methyl sites for hydroxylation is 1. The van der Waals surface area contributed by atoms with Gasteiger partial charge in [-0.3, -0.25) is 9.59 Å². The average Bonchev–Trinajstić information content (AvgIpc) is 2.42. The summed E-state index contributed by atoms with van der Waals surface area (Å²) in [5.74, 6) is 0.276. The molecule has 0 aliphatic carbocycles. The van der Waals surface area contributed by atoms with Gasteiger partial charge in [0.2, 0.25) is 5.91 Å². The predicted octanol–water partition coefficient (Wildman–Crippen LogP) is 1.36. The van der Waals surface area contributed by atoms with E-state index in [1.807, 2.05) is 32.0 Å². The second kappa shape index (κ2) is 8.19. The molecule has 0 spiro atoms. The van der Waals surface area contributed by atoms with E-state index in [1.165, 1.54) is 4.90 Å². The first-order valence-corrected chi connectivity index (χ1v) is 6.73. The molecule has 5 heteroatoms. The van der Waals surface area contributed by atoms with Crippen molar-refractivity contribution in [3.8, 4) is 5.75 Å². The Kier molecular flexibility index (Phi) is 6.56. The summed E-state index contributed by atoms with van der Waals surface area (Å²) < 4.78 is 5.41. The number of ether oxygens (including phenoxy) is 1. The fourth-order valence-corrected chi connectivity index (χ4v) is 1.58. The number of benzene rings is 1. The van der Waals surface area contributed by atoms with Crippen LogP contribution in [0.5, 0.6) is 5.75 Å². The van der Waals surface area contributed by atoms with Crippen molar-refractivity contribution in [2.45, 2.75) is 20.3 Å². The van der Waals surface area contributed by atoms with Crippen molar-refractivity contribution in [3.05, 3.63) is 29.8 Å². The van der Waals surface area contributed by atoms with Crippen molar-refractivity contribution in [1.82, 2.24) is 10.2 Å². The van der Waals surface area contributed by atoms with Crippen LogP contribution in [0.3, 0.4) is 0 Å². The highest BCUT2D eigenvalue weighted by molar-refractivity contribution is 5.85. The van der Waals surface area contributed by atoms with E-state index in [2.05, 4.69) is 5.32 Å². The second-order valence-electron chi connectivity index (χ2n) is 4.70. The molecule has 0 unspecified atom stereocenters. The third kappa shape index (κ3) is 5.73. The highest BCUT2D eigenvalue weighted by atomic mass is 16.5. The Labute approximate surface area is 119 Å². The van der Waals surface area contributed by atoms with Crippen molar-refractivity contribution in [1.29, 1.82) is 0 Å². The second-order valence-corrected chi connectivity index (χ2v) is 4.70. The van der Waals surface area contributed by atoms with E-state index in [0.717, 1.165) is 12.0 Å². The first-order chi connectivity index (χ1) is 9.52. The Morgan fingerprint density at radius 2 is 2.10 bits per heavy atom. The fraction of sp³-hybridized carbons (Fsp3) is 0.467. The van der Waals surface area contributed by atoms with Gasteiger partial charge in [0.05, 0.1) is 6.54 Å². The summed E-state index contributed by atoms with van der Waals surface area (Å²) >= 11 is 0. The van der Waals surface area contributed by atoms with Gasteiger partial charge in [-0.15, -0.1) is 0 Å². The molecule has 1 aromatic carbocycles. The zero-order chi connectivity index (χ0) is 15.0. The number of carbonyl (C=O) groups is 2. The summed E-state index contributed by atoms with van der Waals surface area (Å²) in [4.78, 5) is 24.7. The summed E-state index contributed by atoms with van der Waals surface area (Å²) in [5.41, 5.74) is 1.07. The molecular weight excluding hydrogens is 256 g/mol. The third-order valence-electron chi connectivity index (χ3n) is 2.73. The van der Waals surface area contributed by atoms with Crippen molar-refractivity contribution < 1.29 is 14.3 Å². The molecule has 0 saturated heterocycles. The molecule has 0 aliphatic rings. The normalized spacial score (nSPS) is 9.95. The molecule has 110 valence electrons. The maximum atomic E-state index is 11.8. The number of rotatable bonds is 7. The molecule has 20 heavy (non-hydrogen) atoms. The molecule has 0 atom stereocenters. The van der Waals surface area contributed by atoms with E-state index < -0.39 is 0 Å². The van der Waals surface area contributed by atoms with Crippen LogP contribution in [0, 0.1) is 6.92 Å². The zero-order valence-corrected chi connectivity index (χ0v) is 12.3. The monoisotopic (exact) mass is 278 g/mol. The maximum absolute atomic E-state index is 11.8. The van der Waals surface area contributed by atoms with E-state index in [0.29, 0.717) is 12.3 Å². The highest BCUT2D eigenvalue weighted by Crippen LogP contribution is 2.12. The van der Waals surface area contributed by atoms with Crippen molar-refractivity contribution in [2.75, 3.05) is 26.7 Å². The van der Waals surface area contributed by atoms with Crippen molar-refractivity contribution in [2.24, 2.45) is 0 Å². The summed E-state index contributed by atoms with van der Waals surface area (Å²) in [7, 11) is 1.59. The van der Waals surface area contributed by atoms with Gasteiger partial charge in [0.25, 0.3) is 5.91 Å². The zero-order valence-electron chi connectivity index (χ0n) is 12.3. The van der Waals surface area contributed by atoms with E-state index >= 15 is 0 Å². The summed E-state index contributed by atoms with van der Waals surface area (Å²) in [6, 6.07) is 7.49. The standard InChI is InChI=1S/C15H22N2O3/c1-4-8-16-14(18)10-17(3)15(19)11-20-13-7-5-6-12(2)9-13/h5-7,9H,4,8,10-11H2,1-3H3,(H,16,18). The number of amides is 2. The predicted molar refractivity (Wildman–Crippen MR) is 77.6 cm³/mol. The lowest BCUT2D eigenvalue weighted by atomic mass is 10.2. The minimum Gasteiger partial charge on any atom is -0.484 e. The van der Waals surface area contributed by atoms with Crippen LogP contribution >= 0.6 is 0 Å².